The van der Waals surface area contributed by atoms with Gasteiger partial charge in [-0.15, -0.1) is 0 Å². The molecule has 2 atom stereocenters. The van der Waals surface area contributed by atoms with Crippen LogP contribution in [0.15, 0.2) is 58.3 Å². The largest absolute Gasteiger partial charge is 0.393 e. The third-order valence-corrected chi connectivity index (χ3v) is 5.10. The quantitative estimate of drug-likeness (QED) is 0.914. The van der Waals surface area contributed by atoms with E-state index in [0.717, 1.165) is 20.9 Å². The number of aryl methyl sites for hydroxylation is 1. The van der Waals surface area contributed by atoms with Crippen molar-refractivity contribution in [1.82, 2.24) is 0 Å². The summed E-state index contributed by atoms with van der Waals surface area (Å²) in [5, 5.41) is 10.1. The molecule has 0 spiro atoms. The Bertz CT molecular complexity index is 617. The maximum atomic E-state index is 12.8. The van der Waals surface area contributed by atoms with Crippen LogP contribution in [0.25, 0.3) is 0 Å². The van der Waals surface area contributed by atoms with Crippen LogP contribution < -0.4 is 0 Å². The fourth-order valence-electron chi connectivity index (χ4n) is 2.10. The summed E-state index contributed by atoms with van der Waals surface area (Å²) in [7, 11) is -1.21. The first-order valence-electron chi connectivity index (χ1n) is 7.23. The number of aliphatic hydroxyl groups is 1. The lowest BCUT2D eigenvalue weighted by molar-refractivity contribution is 0.125. The van der Waals surface area contributed by atoms with Crippen LogP contribution in [0.4, 0.5) is 0 Å². The molecule has 0 radical (unpaired) electrons. The van der Waals surface area contributed by atoms with Gasteiger partial charge in [-0.1, -0.05) is 49.7 Å². The third-order valence-electron chi connectivity index (χ3n) is 3.61. The normalized spacial score (nSPS) is 14.1. The Morgan fingerprint density at radius 2 is 1.67 bits per heavy atom. The first-order valence-corrected chi connectivity index (χ1v) is 8.38. The molecule has 0 amide bonds. The highest BCUT2D eigenvalue weighted by Crippen LogP contribution is 2.23. The maximum absolute atomic E-state index is 12.8. The predicted octanol–water partition coefficient (Wildman–Crippen LogP) is 3.72. The number of aliphatic hydroxyl groups excluding tert-OH is 1. The third kappa shape index (κ3) is 4.02. The van der Waals surface area contributed by atoms with Crippen molar-refractivity contribution in [3.63, 3.8) is 0 Å². The molecular formula is C18H22O2S. The lowest BCUT2D eigenvalue weighted by atomic mass is 9.99. The van der Waals surface area contributed by atoms with Crippen LogP contribution in [0.1, 0.15) is 25.0 Å². The molecule has 0 bridgehead atoms. The van der Waals surface area contributed by atoms with Gasteiger partial charge in [0.2, 0.25) is 0 Å². The molecule has 0 aliphatic rings. The molecule has 112 valence electrons. The molecule has 21 heavy (non-hydrogen) atoms. The van der Waals surface area contributed by atoms with Crippen LogP contribution in [0.2, 0.25) is 0 Å². The molecule has 0 aliphatic carbocycles. The van der Waals surface area contributed by atoms with Gasteiger partial charge < -0.3 is 5.11 Å². The molecule has 0 aromatic heterocycles. The molecule has 0 aliphatic heterocycles. The summed E-state index contributed by atoms with van der Waals surface area (Å²) in [5.74, 6) is 0.186. The van der Waals surface area contributed by atoms with Crippen LogP contribution >= 0.6 is 0 Å². The lowest BCUT2D eigenvalue weighted by Gasteiger charge is -2.16. The Labute approximate surface area is 129 Å². The second kappa shape index (κ2) is 7.01. The molecule has 0 heterocycles. The van der Waals surface area contributed by atoms with E-state index in [9.17, 15) is 9.32 Å². The van der Waals surface area contributed by atoms with E-state index in [1.807, 2.05) is 69.3 Å². The highest BCUT2D eigenvalue weighted by Gasteiger charge is 2.16. The van der Waals surface area contributed by atoms with E-state index >= 15 is 0 Å². The molecule has 0 fully saturated rings. The van der Waals surface area contributed by atoms with Crippen molar-refractivity contribution < 1.29 is 9.32 Å². The van der Waals surface area contributed by atoms with Gasteiger partial charge in [0.1, 0.15) is 0 Å². The number of hydrogen-bond donors (Lipinski definition) is 1. The minimum Gasteiger partial charge on any atom is -0.393 e. The van der Waals surface area contributed by atoms with E-state index in [4.69, 9.17) is 0 Å². The van der Waals surface area contributed by atoms with Crippen LogP contribution in [-0.2, 0) is 17.2 Å². The Balaban J connectivity index is 2.31. The molecule has 3 heteroatoms. The van der Waals surface area contributed by atoms with Gasteiger partial charge in [-0.05, 0) is 43.0 Å². The summed E-state index contributed by atoms with van der Waals surface area (Å²) in [6.07, 6.45) is 0.118. The van der Waals surface area contributed by atoms with Crippen molar-refractivity contribution in [2.45, 2.75) is 43.1 Å². The molecule has 2 rings (SSSR count). The Morgan fingerprint density at radius 1 is 1.05 bits per heavy atom. The van der Waals surface area contributed by atoms with E-state index in [-0.39, 0.29) is 5.92 Å². The van der Waals surface area contributed by atoms with Gasteiger partial charge in [0, 0.05) is 9.79 Å². The highest BCUT2D eigenvalue weighted by molar-refractivity contribution is 7.85. The second-order valence-corrected chi connectivity index (χ2v) is 7.15. The standard InChI is InChI=1S/C18H22O2S/c1-13(2)17(19)12-15-6-4-5-7-18(15)21(20)16-10-8-14(3)9-11-16/h4-11,13,17,19H,12H2,1-3H3/t17-,21?/m1/s1. The van der Waals surface area contributed by atoms with Gasteiger partial charge in [-0.25, -0.2) is 4.21 Å². The average molecular weight is 302 g/mol. The topological polar surface area (TPSA) is 37.3 Å². The van der Waals surface area contributed by atoms with E-state index < -0.39 is 16.9 Å². The lowest BCUT2D eigenvalue weighted by Crippen LogP contribution is -2.18. The number of hydrogen-bond acceptors (Lipinski definition) is 2. The molecule has 0 saturated heterocycles. The monoisotopic (exact) mass is 302 g/mol. The maximum Gasteiger partial charge on any atom is 0.0852 e. The highest BCUT2D eigenvalue weighted by atomic mass is 32.2. The van der Waals surface area contributed by atoms with Gasteiger partial charge in [0.05, 0.1) is 16.9 Å². The zero-order chi connectivity index (χ0) is 15.4. The fourth-order valence-corrected chi connectivity index (χ4v) is 3.33. The van der Waals surface area contributed by atoms with Crippen molar-refractivity contribution in [1.29, 1.82) is 0 Å². The van der Waals surface area contributed by atoms with Crippen molar-refractivity contribution in [3.8, 4) is 0 Å². The molecule has 2 nitrogen and oxygen atoms in total. The van der Waals surface area contributed by atoms with Crippen molar-refractivity contribution in [3.05, 3.63) is 59.7 Å². The molecular weight excluding hydrogens is 280 g/mol. The predicted molar refractivity (Wildman–Crippen MR) is 86.8 cm³/mol. The SMILES string of the molecule is Cc1ccc(S(=O)c2ccccc2C[C@@H](O)C(C)C)cc1. The van der Waals surface area contributed by atoms with Gasteiger partial charge >= 0.3 is 0 Å². The van der Waals surface area contributed by atoms with Crippen molar-refractivity contribution in [2.75, 3.05) is 0 Å². The van der Waals surface area contributed by atoms with E-state index in [2.05, 4.69) is 0 Å². The summed E-state index contributed by atoms with van der Waals surface area (Å²) in [5.41, 5.74) is 2.11. The summed E-state index contributed by atoms with van der Waals surface area (Å²) in [6, 6.07) is 15.4. The van der Waals surface area contributed by atoms with Crippen LogP contribution in [-0.4, -0.2) is 15.4 Å². The van der Waals surface area contributed by atoms with Gasteiger partial charge in [-0.2, -0.15) is 0 Å². The summed E-state index contributed by atoms with van der Waals surface area (Å²) < 4.78 is 12.8. The summed E-state index contributed by atoms with van der Waals surface area (Å²) >= 11 is 0. The zero-order valence-corrected chi connectivity index (χ0v) is 13.6. The van der Waals surface area contributed by atoms with E-state index in [0.29, 0.717) is 6.42 Å². The fraction of sp³-hybridized carbons (Fsp3) is 0.333. The first-order chi connectivity index (χ1) is 9.99. The van der Waals surface area contributed by atoms with Crippen LogP contribution in [0, 0.1) is 12.8 Å². The Kier molecular flexibility index (Phi) is 5.32. The van der Waals surface area contributed by atoms with E-state index in [1.165, 1.54) is 0 Å². The molecule has 0 saturated carbocycles. The number of benzene rings is 2. The minimum atomic E-state index is -1.21. The van der Waals surface area contributed by atoms with E-state index in [1.54, 1.807) is 0 Å². The summed E-state index contributed by atoms with van der Waals surface area (Å²) in [4.78, 5) is 1.59. The minimum absolute atomic E-state index is 0.186. The van der Waals surface area contributed by atoms with Crippen LogP contribution in [0.5, 0.6) is 0 Å². The van der Waals surface area contributed by atoms with Crippen LogP contribution in [0.3, 0.4) is 0 Å². The first kappa shape index (κ1) is 15.9. The average Bonchev–Trinajstić information content (AvgIpc) is 2.47. The number of rotatable bonds is 5. The van der Waals surface area contributed by atoms with Crippen molar-refractivity contribution >= 4 is 10.8 Å². The molecule has 2 aromatic rings. The van der Waals surface area contributed by atoms with Gasteiger partial charge in [0.25, 0.3) is 0 Å². The molecule has 1 unspecified atom stereocenters. The zero-order valence-electron chi connectivity index (χ0n) is 12.7. The second-order valence-electron chi connectivity index (χ2n) is 5.70. The Hall–Kier alpha value is -1.45. The van der Waals surface area contributed by atoms with Gasteiger partial charge in [-0.3, -0.25) is 0 Å². The smallest absolute Gasteiger partial charge is 0.0852 e. The molecule has 1 N–H and O–H groups in total. The van der Waals surface area contributed by atoms with Crippen molar-refractivity contribution in [2.24, 2.45) is 5.92 Å². The Morgan fingerprint density at radius 3 is 2.29 bits per heavy atom. The van der Waals surface area contributed by atoms with Gasteiger partial charge in [0.15, 0.2) is 0 Å². The summed E-state index contributed by atoms with van der Waals surface area (Å²) in [6.45, 7) is 5.99. The molecule has 2 aromatic carbocycles.